The van der Waals surface area contributed by atoms with Gasteiger partial charge in [-0.1, -0.05) is 36.4 Å². The lowest BCUT2D eigenvalue weighted by Crippen LogP contribution is -2.29. The molecule has 0 atom stereocenters. The fraction of sp³-hybridized carbons (Fsp3) is 0.158. The molecule has 122 valence electrons. The van der Waals surface area contributed by atoms with E-state index in [0.29, 0.717) is 23.2 Å². The lowest BCUT2D eigenvalue weighted by molar-refractivity contribution is 0.0949. The van der Waals surface area contributed by atoms with Crippen molar-refractivity contribution in [3.8, 4) is 5.75 Å². The summed E-state index contributed by atoms with van der Waals surface area (Å²) in [5, 5.41) is 3.26. The molecule has 0 aliphatic rings. The smallest absolute Gasteiger partial charge is 0.257 e. The lowest BCUT2D eigenvalue weighted by Gasteiger charge is -2.12. The van der Waals surface area contributed by atoms with Crippen LogP contribution >= 0.6 is 0 Å². The van der Waals surface area contributed by atoms with Crippen molar-refractivity contribution in [1.29, 1.82) is 0 Å². The van der Waals surface area contributed by atoms with Gasteiger partial charge < -0.3 is 14.6 Å². The molecule has 0 unspecified atom stereocenters. The van der Waals surface area contributed by atoms with E-state index in [1.807, 2.05) is 30.3 Å². The monoisotopic (exact) mass is 322 g/mol. The van der Waals surface area contributed by atoms with Crippen LogP contribution in [0.3, 0.4) is 0 Å². The average molecular weight is 322 g/mol. The van der Waals surface area contributed by atoms with Crippen LogP contribution in [0.25, 0.3) is 10.9 Å². The highest BCUT2D eigenvalue weighted by atomic mass is 16.5. The number of hydrogen-bond donors (Lipinski definition) is 1. The molecule has 2 aromatic carbocycles. The van der Waals surface area contributed by atoms with E-state index in [0.717, 1.165) is 5.56 Å². The van der Waals surface area contributed by atoms with E-state index < -0.39 is 0 Å². The Morgan fingerprint density at radius 1 is 1.12 bits per heavy atom. The number of methoxy groups -OCH3 is 1. The second-order valence-corrected chi connectivity index (χ2v) is 5.51. The minimum absolute atomic E-state index is 0.120. The summed E-state index contributed by atoms with van der Waals surface area (Å²) in [5.41, 5.74) is 1.47. The van der Waals surface area contributed by atoms with Crippen LogP contribution < -0.4 is 15.5 Å². The summed E-state index contributed by atoms with van der Waals surface area (Å²) in [7, 11) is 3.35. The Hall–Kier alpha value is -3.08. The molecule has 1 amide bonds. The van der Waals surface area contributed by atoms with Gasteiger partial charge in [-0.2, -0.15) is 0 Å². The van der Waals surface area contributed by atoms with Crippen molar-refractivity contribution in [3.05, 3.63) is 76.1 Å². The fourth-order valence-corrected chi connectivity index (χ4v) is 2.73. The van der Waals surface area contributed by atoms with Crippen molar-refractivity contribution < 1.29 is 9.53 Å². The van der Waals surface area contributed by atoms with Crippen LogP contribution in [0.15, 0.2) is 59.5 Å². The van der Waals surface area contributed by atoms with Crippen LogP contribution in [0, 0.1) is 0 Å². The molecular formula is C19H18N2O3. The number of pyridine rings is 1. The molecule has 0 fully saturated rings. The standard InChI is InChI=1S/C19H18N2O3/c1-21-12-15(19(23)20-11-13-7-4-3-5-8-13)18(22)14-9-6-10-16(24-2)17(14)21/h3-10,12H,11H2,1-2H3,(H,20,23). The number of amides is 1. The van der Waals surface area contributed by atoms with Crippen molar-refractivity contribution in [3.63, 3.8) is 0 Å². The van der Waals surface area contributed by atoms with Crippen LogP contribution in [0.4, 0.5) is 0 Å². The Balaban J connectivity index is 1.96. The molecule has 1 N–H and O–H groups in total. The van der Waals surface area contributed by atoms with Gasteiger partial charge in [-0.3, -0.25) is 9.59 Å². The van der Waals surface area contributed by atoms with Gasteiger partial charge in [-0.15, -0.1) is 0 Å². The summed E-state index contributed by atoms with van der Waals surface area (Å²) >= 11 is 0. The summed E-state index contributed by atoms with van der Waals surface area (Å²) < 4.78 is 7.05. The fourth-order valence-electron chi connectivity index (χ4n) is 2.73. The quantitative estimate of drug-likeness (QED) is 0.803. The van der Waals surface area contributed by atoms with Crippen LogP contribution in [0.5, 0.6) is 5.75 Å². The van der Waals surface area contributed by atoms with E-state index in [4.69, 9.17) is 4.74 Å². The van der Waals surface area contributed by atoms with Gasteiger partial charge in [0.05, 0.1) is 18.0 Å². The lowest BCUT2D eigenvalue weighted by atomic mass is 10.1. The van der Waals surface area contributed by atoms with E-state index in [1.54, 1.807) is 43.1 Å². The van der Waals surface area contributed by atoms with Crippen LogP contribution in [0.1, 0.15) is 15.9 Å². The van der Waals surface area contributed by atoms with Crippen LogP contribution in [-0.4, -0.2) is 17.6 Å². The third-order valence-electron chi connectivity index (χ3n) is 3.92. The zero-order valence-corrected chi connectivity index (χ0v) is 13.6. The maximum Gasteiger partial charge on any atom is 0.257 e. The molecule has 3 aromatic rings. The minimum Gasteiger partial charge on any atom is -0.495 e. The van der Waals surface area contributed by atoms with Gasteiger partial charge in [-0.25, -0.2) is 0 Å². The molecule has 24 heavy (non-hydrogen) atoms. The van der Waals surface area contributed by atoms with Gasteiger partial charge >= 0.3 is 0 Å². The van der Waals surface area contributed by atoms with Crippen molar-refractivity contribution >= 4 is 16.8 Å². The highest BCUT2D eigenvalue weighted by Gasteiger charge is 2.16. The molecule has 0 spiro atoms. The Bertz CT molecular complexity index is 946. The zero-order valence-electron chi connectivity index (χ0n) is 13.6. The first-order valence-electron chi connectivity index (χ1n) is 7.60. The third-order valence-corrected chi connectivity index (χ3v) is 3.92. The van der Waals surface area contributed by atoms with Gasteiger partial charge in [0.25, 0.3) is 5.91 Å². The maximum atomic E-state index is 12.7. The predicted octanol–water partition coefficient (Wildman–Crippen LogP) is 2.48. The predicted molar refractivity (Wildman–Crippen MR) is 93.4 cm³/mol. The number of rotatable bonds is 4. The summed E-state index contributed by atoms with van der Waals surface area (Å²) in [6.45, 7) is 0.374. The molecule has 0 radical (unpaired) electrons. The first-order chi connectivity index (χ1) is 11.6. The number of nitrogens with zero attached hydrogens (tertiary/aromatic N) is 1. The Kier molecular flexibility index (Phi) is 4.33. The first kappa shape index (κ1) is 15.8. The summed E-state index contributed by atoms with van der Waals surface area (Å²) in [4.78, 5) is 25.1. The summed E-state index contributed by atoms with van der Waals surface area (Å²) in [6.07, 6.45) is 1.55. The number of carbonyl (C=O) groups is 1. The number of nitrogens with one attached hydrogen (secondary N) is 1. The Labute approximate surface area is 139 Å². The first-order valence-corrected chi connectivity index (χ1v) is 7.60. The van der Waals surface area contributed by atoms with Crippen molar-refractivity contribution in [2.75, 3.05) is 7.11 Å². The third kappa shape index (κ3) is 2.88. The number of benzene rings is 2. The van der Waals surface area contributed by atoms with Gasteiger partial charge in [-0.05, 0) is 17.7 Å². The number of hydrogen-bond acceptors (Lipinski definition) is 3. The molecular weight excluding hydrogens is 304 g/mol. The van der Waals surface area contributed by atoms with Gasteiger partial charge in [0.2, 0.25) is 5.43 Å². The second-order valence-electron chi connectivity index (χ2n) is 5.51. The molecule has 0 aliphatic carbocycles. The number of aryl methyl sites for hydroxylation is 1. The maximum absolute atomic E-state index is 12.7. The SMILES string of the molecule is COc1cccc2c(=O)c(C(=O)NCc3ccccc3)cn(C)c12. The highest BCUT2D eigenvalue weighted by Crippen LogP contribution is 2.22. The van der Waals surface area contributed by atoms with Crippen molar-refractivity contribution in [2.24, 2.45) is 7.05 Å². The molecule has 0 saturated heterocycles. The highest BCUT2D eigenvalue weighted by molar-refractivity contribution is 5.98. The number of fused-ring (bicyclic) bond motifs is 1. The van der Waals surface area contributed by atoms with Crippen LogP contribution in [0.2, 0.25) is 0 Å². The van der Waals surface area contributed by atoms with E-state index in [-0.39, 0.29) is 16.9 Å². The molecule has 0 saturated carbocycles. The second kappa shape index (κ2) is 6.58. The number of ether oxygens (including phenoxy) is 1. The number of carbonyl (C=O) groups excluding carboxylic acids is 1. The summed E-state index contributed by atoms with van der Waals surface area (Å²) in [6, 6.07) is 14.8. The van der Waals surface area contributed by atoms with E-state index in [9.17, 15) is 9.59 Å². The van der Waals surface area contributed by atoms with E-state index >= 15 is 0 Å². The Morgan fingerprint density at radius 3 is 2.58 bits per heavy atom. The van der Waals surface area contributed by atoms with E-state index in [1.165, 1.54) is 0 Å². The van der Waals surface area contributed by atoms with Crippen molar-refractivity contribution in [1.82, 2.24) is 9.88 Å². The zero-order chi connectivity index (χ0) is 17.1. The van der Waals surface area contributed by atoms with E-state index in [2.05, 4.69) is 5.32 Å². The molecule has 5 nitrogen and oxygen atoms in total. The molecule has 1 heterocycles. The molecule has 5 heteroatoms. The minimum atomic E-state index is -0.385. The van der Waals surface area contributed by atoms with Crippen molar-refractivity contribution in [2.45, 2.75) is 6.54 Å². The Morgan fingerprint density at radius 2 is 1.88 bits per heavy atom. The molecule has 3 rings (SSSR count). The normalized spacial score (nSPS) is 10.6. The number of para-hydroxylation sites is 1. The topological polar surface area (TPSA) is 60.3 Å². The average Bonchev–Trinajstić information content (AvgIpc) is 2.62. The van der Waals surface area contributed by atoms with Gasteiger partial charge in [0.1, 0.15) is 11.3 Å². The molecule has 1 aromatic heterocycles. The molecule has 0 aliphatic heterocycles. The van der Waals surface area contributed by atoms with Gasteiger partial charge in [0, 0.05) is 19.8 Å². The summed E-state index contributed by atoms with van der Waals surface area (Å²) in [5.74, 6) is 0.215. The number of aromatic nitrogens is 1. The molecule has 0 bridgehead atoms. The van der Waals surface area contributed by atoms with Crippen LogP contribution in [-0.2, 0) is 13.6 Å². The van der Waals surface area contributed by atoms with Gasteiger partial charge in [0.15, 0.2) is 0 Å². The largest absolute Gasteiger partial charge is 0.495 e.